The number of nitrogens with one attached hydrogen (secondary N) is 2. The molecule has 0 saturated heterocycles. The largest absolute Gasteiger partial charge is 0.395 e. The van der Waals surface area contributed by atoms with Crippen LogP contribution in [0.15, 0.2) is 58.4 Å². The maximum absolute atomic E-state index is 12.0. The molecule has 25 heavy (non-hydrogen) atoms. The summed E-state index contributed by atoms with van der Waals surface area (Å²) in [7, 11) is -3.64. The van der Waals surface area contributed by atoms with Gasteiger partial charge < -0.3 is 10.4 Å². The van der Waals surface area contributed by atoms with Crippen LogP contribution < -0.4 is 10.0 Å². The minimum absolute atomic E-state index is 0.0432. The molecule has 3 rings (SSSR count). The fourth-order valence-electron chi connectivity index (χ4n) is 2.52. The number of rotatable bonds is 6. The monoisotopic (exact) mass is 359 g/mol. The number of hydrogen-bond acceptors (Lipinski definition) is 5. The Morgan fingerprint density at radius 2 is 1.88 bits per heavy atom. The second kappa shape index (κ2) is 7.14. The zero-order valence-corrected chi connectivity index (χ0v) is 14.0. The quantitative estimate of drug-likeness (QED) is 0.678. The Labute approximate surface area is 145 Å². The summed E-state index contributed by atoms with van der Waals surface area (Å²) < 4.78 is 26.1. The lowest BCUT2D eigenvalue weighted by Crippen LogP contribution is -2.26. The van der Waals surface area contributed by atoms with Crippen LogP contribution in [0.4, 0.5) is 11.4 Å². The Balaban J connectivity index is 1.76. The number of sulfonamides is 1. The third-order valence-electron chi connectivity index (χ3n) is 3.76. The van der Waals surface area contributed by atoms with Gasteiger partial charge in [-0.3, -0.25) is 9.79 Å². The normalized spacial score (nSPS) is 16.8. The summed E-state index contributed by atoms with van der Waals surface area (Å²) in [5.74, 6) is -0.608. The van der Waals surface area contributed by atoms with E-state index in [9.17, 15) is 13.2 Å². The molecular weight excluding hydrogens is 342 g/mol. The number of aliphatic imine (C=N–C) groups is 1. The lowest BCUT2D eigenvalue weighted by atomic mass is 10.0. The third kappa shape index (κ3) is 3.76. The third-order valence-corrected chi connectivity index (χ3v) is 5.24. The van der Waals surface area contributed by atoms with Gasteiger partial charge in [-0.05, 0) is 35.9 Å². The first kappa shape index (κ1) is 17.3. The van der Waals surface area contributed by atoms with E-state index in [2.05, 4.69) is 15.0 Å². The molecular formula is C17H17N3O4S. The predicted molar refractivity (Wildman–Crippen MR) is 94.7 cm³/mol. The molecule has 2 aromatic carbocycles. The van der Waals surface area contributed by atoms with Crippen LogP contribution in [0.1, 0.15) is 11.5 Å². The Kier molecular flexibility index (Phi) is 4.93. The predicted octanol–water partition coefficient (Wildman–Crippen LogP) is 1.40. The van der Waals surface area contributed by atoms with Gasteiger partial charge in [0.05, 0.1) is 17.2 Å². The number of anilines is 1. The first-order chi connectivity index (χ1) is 12.0. The molecule has 0 fully saturated rings. The van der Waals surface area contributed by atoms with Gasteiger partial charge in [0.1, 0.15) is 5.92 Å². The molecule has 1 aliphatic rings. The van der Waals surface area contributed by atoms with Gasteiger partial charge in [0.15, 0.2) is 0 Å². The van der Waals surface area contributed by atoms with Crippen LogP contribution in [0, 0.1) is 0 Å². The van der Waals surface area contributed by atoms with Crippen LogP contribution >= 0.6 is 0 Å². The molecule has 0 bridgehead atoms. The summed E-state index contributed by atoms with van der Waals surface area (Å²) in [6, 6.07) is 13.4. The standard InChI is InChI=1S/C17H17N3O4S/c21-10-9-19-25(23,24)13-7-5-12(6-8-13)18-11-15-14-3-1-2-4-16(14)20-17(15)22/h1-8,11,15,19,21H,9-10H2,(H,20,22). The van der Waals surface area contributed by atoms with E-state index in [1.54, 1.807) is 18.3 Å². The summed E-state index contributed by atoms with van der Waals surface area (Å²) in [6.07, 6.45) is 1.55. The summed E-state index contributed by atoms with van der Waals surface area (Å²) in [5.41, 5.74) is 2.18. The molecule has 8 heteroatoms. The number of fused-ring (bicyclic) bond motifs is 1. The van der Waals surface area contributed by atoms with Crippen LogP contribution in [0.2, 0.25) is 0 Å². The van der Waals surface area contributed by atoms with Gasteiger partial charge in [-0.25, -0.2) is 13.1 Å². The summed E-state index contributed by atoms with van der Waals surface area (Å²) in [4.78, 5) is 16.4. The van der Waals surface area contributed by atoms with Crippen molar-refractivity contribution in [3.8, 4) is 0 Å². The van der Waals surface area contributed by atoms with Crippen molar-refractivity contribution in [2.75, 3.05) is 18.5 Å². The minimum Gasteiger partial charge on any atom is -0.395 e. The van der Waals surface area contributed by atoms with Crippen LogP contribution in [0.5, 0.6) is 0 Å². The Morgan fingerprint density at radius 1 is 1.16 bits per heavy atom. The molecule has 1 heterocycles. The van der Waals surface area contributed by atoms with Crippen molar-refractivity contribution in [1.82, 2.24) is 4.72 Å². The maximum atomic E-state index is 12.0. The zero-order chi connectivity index (χ0) is 17.9. The molecule has 0 spiro atoms. The van der Waals surface area contributed by atoms with Crippen LogP contribution in [0.25, 0.3) is 0 Å². The average molecular weight is 359 g/mol. The number of benzene rings is 2. The first-order valence-corrected chi connectivity index (χ1v) is 9.14. The SMILES string of the molecule is O=C1Nc2ccccc2C1C=Nc1ccc(S(=O)(=O)NCCO)cc1. The zero-order valence-electron chi connectivity index (χ0n) is 13.2. The number of hydrogen-bond donors (Lipinski definition) is 3. The van der Waals surface area contributed by atoms with Gasteiger partial charge in [-0.2, -0.15) is 0 Å². The van der Waals surface area contributed by atoms with E-state index in [4.69, 9.17) is 5.11 Å². The van der Waals surface area contributed by atoms with Crippen molar-refractivity contribution in [3.63, 3.8) is 0 Å². The first-order valence-electron chi connectivity index (χ1n) is 7.66. The molecule has 130 valence electrons. The lowest BCUT2D eigenvalue weighted by molar-refractivity contribution is -0.115. The fourth-order valence-corrected chi connectivity index (χ4v) is 3.54. The molecule has 0 aromatic heterocycles. The Bertz CT molecular complexity index is 908. The summed E-state index contributed by atoms with van der Waals surface area (Å²) in [6.45, 7) is -0.315. The molecule has 7 nitrogen and oxygen atoms in total. The summed E-state index contributed by atoms with van der Waals surface area (Å²) in [5, 5.41) is 11.5. The van der Waals surface area contributed by atoms with Gasteiger partial charge >= 0.3 is 0 Å². The number of para-hydroxylation sites is 1. The van der Waals surface area contributed by atoms with Crippen molar-refractivity contribution in [2.45, 2.75) is 10.8 Å². The summed E-state index contributed by atoms with van der Waals surface area (Å²) >= 11 is 0. The van der Waals surface area contributed by atoms with Crippen molar-refractivity contribution < 1.29 is 18.3 Å². The second-order valence-electron chi connectivity index (χ2n) is 5.45. The molecule has 1 aliphatic heterocycles. The van der Waals surface area contributed by atoms with Crippen LogP contribution in [-0.2, 0) is 14.8 Å². The van der Waals surface area contributed by atoms with E-state index in [1.807, 2.05) is 24.3 Å². The highest BCUT2D eigenvalue weighted by Crippen LogP contribution is 2.31. The highest BCUT2D eigenvalue weighted by molar-refractivity contribution is 7.89. The maximum Gasteiger partial charge on any atom is 0.240 e. The van der Waals surface area contributed by atoms with Crippen molar-refractivity contribution >= 4 is 33.5 Å². The van der Waals surface area contributed by atoms with Gasteiger partial charge in [-0.15, -0.1) is 0 Å². The number of aliphatic hydroxyl groups is 1. The molecule has 0 saturated carbocycles. The highest BCUT2D eigenvalue weighted by Gasteiger charge is 2.28. The van der Waals surface area contributed by atoms with E-state index in [0.29, 0.717) is 5.69 Å². The second-order valence-corrected chi connectivity index (χ2v) is 7.21. The average Bonchev–Trinajstić information content (AvgIpc) is 2.94. The van der Waals surface area contributed by atoms with Crippen LogP contribution in [-0.4, -0.2) is 38.8 Å². The smallest absolute Gasteiger partial charge is 0.240 e. The van der Waals surface area contributed by atoms with E-state index >= 15 is 0 Å². The van der Waals surface area contributed by atoms with Gasteiger partial charge in [0, 0.05) is 18.4 Å². The molecule has 0 aliphatic carbocycles. The van der Waals surface area contributed by atoms with E-state index < -0.39 is 15.9 Å². The molecule has 0 radical (unpaired) electrons. The molecule has 1 amide bonds. The molecule has 2 aromatic rings. The van der Waals surface area contributed by atoms with Crippen LogP contribution in [0.3, 0.4) is 0 Å². The number of nitrogens with zero attached hydrogens (tertiary/aromatic N) is 1. The number of carbonyl (C=O) groups is 1. The van der Waals surface area contributed by atoms with Crippen molar-refractivity contribution in [1.29, 1.82) is 0 Å². The van der Waals surface area contributed by atoms with Crippen molar-refractivity contribution in [3.05, 3.63) is 54.1 Å². The molecule has 1 atom stereocenters. The Morgan fingerprint density at radius 3 is 2.60 bits per heavy atom. The van der Waals surface area contributed by atoms with Gasteiger partial charge in [0.25, 0.3) is 0 Å². The fraction of sp³-hybridized carbons (Fsp3) is 0.176. The topological polar surface area (TPSA) is 108 Å². The highest BCUT2D eigenvalue weighted by atomic mass is 32.2. The number of aliphatic hydroxyl groups excluding tert-OH is 1. The van der Waals surface area contributed by atoms with E-state index in [-0.39, 0.29) is 24.0 Å². The van der Waals surface area contributed by atoms with Gasteiger partial charge in [-0.1, -0.05) is 18.2 Å². The molecule has 3 N–H and O–H groups in total. The van der Waals surface area contributed by atoms with E-state index in [1.165, 1.54) is 12.1 Å². The number of amides is 1. The number of carbonyl (C=O) groups excluding carboxylic acids is 1. The molecule has 1 unspecified atom stereocenters. The minimum atomic E-state index is -3.64. The Hall–Kier alpha value is -2.55. The van der Waals surface area contributed by atoms with Gasteiger partial charge in [0.2, 0.25) is 15.9 Å². The lowest BCUT2D eigenvalue weighted by Gasteiger charge is -2.05. The van der Waals surface area contributed by atoms with E-state index in [0.717, 1.165) is 11.3 Å². The van der Waals surface area contributed by atoms with Crippen molar-refractivity contribution in [2.24, 2.45) is 4.99 Å².